The SMILES string of the molecule is CCCSc1nc(NCc2ccc(OC)cc2)c2c(n1)N(Cc1ccc(Br)cc1)C(=O)C2. The van der Waals surface area contributed by atoms with Gasteiger partial charge in [0.2, 0.25) is 5.91 Å². The standard InChI is InChI=1S/C24H25BrN4O2S/c1-3-12-32-24-27-22(26-14-16-6-10-19(31-2)11-7-16)20-13-21(30)29(23(20)28-24)15-17-4-8-18(25)9-5-17/h4-11H,3,12-15H2,1-2H3,(H,26,27,28). The van der Waals surface area contributed by atoms with Gasteiger partial charge in [-0.1, -0.05) is 58.9 Å². The van der Waals surface area contributed by atoms with Gasteiger partial charge >= 0.3 is 0 Å². The van der Waals surface area contributed by atoms with E-state index < -0.39 is 0 Å². The summed E-state index contributed by atoms with van der Waals surface area (Å²) in [5, 5.41) is 4.13. The van der Waals surface area contributed by atoms with Crippen LogP contribution >= 0.6 is 27.7 Å². The second kappa shape index (κ2) is 10.4. The number of rotatable bonds is 9. The highest BCUT2D eigenvalue weighted by Gasteiger charge is 2.32. The minimum absolute atomic E-state index is 0.0438. The van der Waals surface area contributed by atoms with Crippen LogP contribution in [0.1, 0.15) is 30.0 Å². The number of hydrogen-bond acceptors (Lipinski definition) is 6. The zero-order valence-electron chi connectivity index (χ0n) is 18.1. The Kier molecular flexibility index (Phi) is 7.32. The molecule has 0 unspecified atom stereocenters. The normalized spacial score (nSPS) is 12.7. The van der Waals surface area contributed by atoms with Crippen LogP contribution in [0.15, 0.2) is 58.2 Å². The molecule has 0 saturated heterocycles. The molecular formula is C24H25BrN4O2S. The summed E-state index contributed by atoms with van der Waals surface area (Å²) in [6.07, 6.45) is 1.33. The van der Waals surface area contributed by atoms with E-state index in [0.717, 1.165) is 44.9 Å². The van der Waals surface area contributed by atoms with E-state index >= 15 is 0 Å². The summed E-state index contributed by atoms with van der Waals surface area (Å²) >= 11 is 5.08. The summed E-state index contributed by atoms with van der Waals surface area (Å²) in [6.45, 7) is 3.23. The molecule has 166 valence electrons. The van der Waals surface area contributed by atoms with Crippen molar-refractivity contribution < 1.29 is 9.53 Å². The lowest BCUT2D eigenvalue weighted by atomic mass is 10.2. The zero-order valence-corrected chi connectivity index (χ0v) is 20.5. The highest BCUT2D eigenvalue weighted by atomic mass is 79.9. The molecular weight excluding hydrogens is 488 g/mol. The number of ether oxygens (including phenoxy) is 1. The molecule has 2 aromatic carbocycles. The molecule has 32 heavy (non-hydrogen) atoms. The van der Waals surface area contributed by atoms with E-state index in [0.29, 0.717) is 30.5 Å². The molecule has 0 radical (unpaired) electrons. The minimum Gasteiger partial charge on any atom is -0.497 e. The average molecular weight is 513 g/mol. The van der Waals surface area contributed by atoms with E-state index in [-0.39, 0.29) is 5.91 Å². The Bertz CT molecular complexity index is 1090. The third-order valence-corrected chi connectivity index (χ3v) is 6.74. The van der Waals surface area contributed by atoms with Crippen molar-refractivity contribution in [2.75, 3.05) is 23.1 Å². The fourth-order valence-corrected chi connectivity index (χ4v) is 4.43. The maximum atomic E-state index is 12.9. The van der Waals surface area contributed by atoms with E-state index in [1.54, 1.807) is 23.8 Å². The molecule has 8 heteroatoms. The van der Waals surface area contributed by atoms with Crippen LogP contribution < -0.4 is 15.0 Å². The molecule has 0 fully saturated rings. The maximum Gasteiger partial charge on any atom is 0.233 e. The monoisotopic (exact) mass is 512 g/mol. The van der Waals surface area contributed by atoms with E-state index in [1.807, 2.05) is 48.5 Å². The summed E-state index contributed by atoms with van der Waals surface area (Å²) in [7, 11) is 1.66. The van der Waals surface area contributed by atoms with Gasteiger partial charge in [0.15, 0.2) is 5.16 Å². The van der Waals surface area contributed by atoms with E-state index in [1.165, 1.54) is 0 Å². The topological polar surface area (TPSA) is 67.4 Å². The average Bonchev–Trinajstić information content (AvgIpc) is 3.13. The van der Waals surface area contributed by atoms with E-state index in [2.05, 4.69) is 28.2 Å². The maximum absolute atomic E-state index is 12.9. The molecule has 0 atom stereocenters. The van der Waals surface area contributed by atoms with Gasteiger partial charge < -0.3 is 10.1 Å². The number of carbonyl (C=O) groups excluding carboxylic acids is 1. The molecule has 0 spiro atoms. The molecule has 1 N–H and O–H groups in total. The van der Waals surface area contributed by atoms with Crippen LogP contribution in [0.3, 0.4) is 0 Å². The van der Waals surface area contributed by atoms with Gasteiger partial charge in [0.05, 0.1) is 20.1 Å². The lowest BCUT2D eigenvalue weighted by Gasteiger charge is -2.18. The number of nitrogens with zero attached hydrogens (tertiary/aromatic N) is 3. The van der Waals surface area contributed by atoms with Crippen LogP contribution in [-0.2, 0) is 24.3 Å². The summed E-state index contributed by atoms with van der Waals surface area (Å²) in [5.41, 5.74) is 3.03. The van der Waals surface area contributed by atoms with Gasteiger partial charge in [-0.3, -0.25) is 9.69 Å². The predicted octanol–water partition coefficient (Wildman–Crippen LogP) is 5.45. The van der Waals surface area contributed by atoms with Crippen LogP contribution in [0, 0.1) is 0 Å². The molecule has 1 aromatic heterocycles. The second-order valence-electron chi connectivity index (χ2n) is 7.49. The number of thioether (sulfide) groups is 1. The number of methoxy groups -OCH3 is 1. The number of benzene rings is 2. The molecule has 1 amide bonds. The highest BCUT2D eigenvalue weighted by molar-refractivity contribution is 9.10. The zero-order chi connectivity index (χ0) is 22.5. The van der Waals surface area contributed by atoms with Crippen LogP contribution in [0.4, 0.5) is 11.6 Å². The molecule has 0 bridgehead atoms. The van der Waals surface area contributed by atoms with Gasteiger partial charge in [-0.05, 0) is 41.8 Å². The van der Waals surface area contributed by atoms with Crippen molar-refractivity contribution in [2.24, 2.45) is 0 Å². The first-order valence-corrected chi connectivity index (χ1v) is 12.3. The Labute approximate surface area is 200 Å². The van der Waals surface area contributed by atoms with Crippen LogP contribution in [0.25, 0.3) is 0 Å². The fourth-order valence-electron chi connectivity index (χ4n) is 3.47. The minimum atomic E-state index is 0.0438. The van der Waals surface area contributed by atoms with Gasteiger partial charge in [0.1, 0.15) is 17.4 Å². The Morgan fingerprint density at radius 2 is 1.81 bits per heavy atom. The molecule has 2 heterocycles. The summed E-state index contributed by atoms with van der Waals surface area (Å²) in [5.74, 6) is 3.24. The van der Waals surface area contributed by atoms with Gasteiger partial charge in [0.25, 0.3) is 0 Å². The van der Waals surface area contributed by atoms with Gasteiger partial charge in [-0.2, -0.15) is 0 Å². The molecule has 1 aliphatic rings. The van der Waals surface area contributed by atoms with Crippen molar-refractivity contribution in [3.8, 4) is 5.75 Å². The Morgan fingerprint density at radius 1 is 1.09 bits per heavy atom. The largest absolute Gasteiger partial charge is 0.497 e. The van der Waals surface area contributed by atoms with Crippen molar-refractivity contribution in [3.05, 3.63) is 69.7 Å². The quantitative estimate of drug-likeness (QED) is 0.303. The lowest BCUT2D eigenvalue weighted by Crippen LogP contribution is -2.26. The Morgan fingerprint density at radius 3 is 2.50 bits per heavy atom. The number of fused-ring (bicyclic) bond motifs is 1. The number of halogens is 1. The second-order valence-corrected chi connectivity index (χ2v) is 9.47. The number of aromatic nitrogens is 2. The molecule has 6 nitrogen and oxygen atoms in total. The first-order chi connectivity index (χ1) is 15.6. The van der Waals surface area contributed by atoms with Gasteiger partial charge in [-0.15, -0.1) is 0 Å². The lowest BCUT2D eigenvalue weighted by molar-refractivity contribution is -0.117. The van der Waals surface area contributed by atoms with E-state index in [9.17, 15) is 4.79 Å². The highest BCUT2D eigenvalue weighted by Crippen LogP contribution is 2.35. The van der Waals surface area contributed by atoms with Crippen molar-refractivity contribution in [2.45, 2.75) is 38.0 Å². The summed E-state index contributed by atoms with van der Waals surface area (Å²) in [4.78, 5) is 24.2. The fraction of sp³-hybridized carbons (Fsp3) is 0.292. The van der Waals surface area contributed by atoms with Gasteiger partial charge in [0, 0.05) is 22.3 Å². The van der Waals surface area contributed by atoms with E-state index in [4.69, 9.17) is 14.7 Å². The van der Waals surface area contributed by atoms with Gasteiger partial charge in [-0.25, -0.2) is 9.97 Å². The number of nitrogens with one attached hydrogen (secondary N) is 1. The first-order valence-electron chi connectivity index (χ1n) is 10.5. The number of carbonyl (C=O) groups is 1. The molecule has 1 aliphatic heterocycles. The van der Waals surface area contributed by atoms with Crippen LogP contribution in [0.5, 0.6) is 5.75 Å². The van der Waals surface area contributed by atoms with Crippen LogP contribution in [-0.4, -0.2) is 28.7 Å². The molecule has 0 saturated carbocycles. The summed E-state index contributed by atoms with van der Waals surface area (Å²) in [6, 6.07) is 15.9. The van der Waals surface area contributed by atoms with Crippen molar-refractivity contribution >= 4 is 45.2 Å². The van der Waals surface area contributed by atoms with Crippen molar-refractivity contribution in [1.29, 1.82) is 0 Å². The van der Waals surface area contributed by atoms with Crippen LogP contribution in [0.2, 0.25) is 0 Å². The van der Waals surface area contributed by atoms with Crippen molar-refractivity contribution in [3.63, 3.8) is 0 Å². The smallest absolute Gasteiger partial charge is 0.233 e. The molecule has 0 aliphatic carbocycles. The summed E-state index contributed by atoms with van der Waals surface area (Å²) < 4.78 is 6.25. The number of hydrogen-bond donors (Lipinski definition) is 1. The predicted molar refractivity (Wildman–Crippen MR) is 132 cm³/mol. The Balaban J connectivity index is 1.61. The van der Waals surface area contributed by atoms with Crippen molar-refractivity contribution in [1.82, 2.24) is 9.97 Å². The molecule has 3 aromatic rings. The number of anilines is 2. The first kappa shape index (κ1) is 22.6. The third kappa shape index (κ3) is 5.24. The Hall–Kier alpha value is -2.58. The molecule has 4 rings (SSSR count). The number of amides is 1. The third-order valence-electron chi connectivity index (χ3n) is 5.16.